The van der Waals surface area contributed by atoms with Crippen molar-refractivity contribution in [2.75, 3.05) is 26.2 Å². The highest BCUT2D eigenvalue weighted by Crippen LogP contribution is 2.41. The van der Waals surface area contributed by atoms with Gasteiger partial charge in [0.05, 0.1) is 24.8 Å². The summed E-state index contributed by atoms with van der Waals surface area (Å²) in [4.78, 5) is 46.9. The van der Waals surface area contributed by atoms with Crippen LogP contribution in [0.1, 0.15) is 36.9 Å². The fourth-order valence-corrected chi connectivity index (χ4v) is 5.53. The van der Waals surface area contributed by atoms with E-state index in [4.69, 9.17) is 4.74 Å². The summed E-state index contributed by atoms with van der Waals surface area (Å²) >= 11 is 0. The van der Waals surface area contributed by atoms with Gasteiger partial charge in [-0.3, -0.25) is 19.5 Å². The van der Waals surface area contributed by atoms with Crippen molar-refractivity contribution < 1.29 is 27.9 Å². The van der Waals surface area contributed by atoms with Crippen LogP contribution in [-0.2, 0) is 26.3 Å². The molecule has 3 saturated heterocycles. The maximum Gasteiger partial charge on any atom is 0.325 e. The van der Waals surface area contributed by atoms with Crippen LogP contribution in [0.25, 0.3) is 0 Å². The van der Waals surface area contributed by atoms with Crippen LogP contribution in [0.4, 0.5) is 13.6 Å². The van der Waals surface area contributed by atoms with Crippen LogP contribution in [0, 0.1) is 17.6 Å². The lowest BCUT2D eigenvalue weighted by molar-refractivity contribution is -0.137. The van der Waals surface area contributed by atoms with Crippen LogP contribution in [-0.4, -0.2) is 65.0 Å². The molecule has 1 aromatic heterocycles. The van der Waals surface area contributed by atoms with Crippen molar-refractivity contribution in [2.24, 2.45) is 5.92 Å². The monoisotopic (exact) mass is 498 g/mol. The minimum absolute atomic E-state index is 0.183. The third-order valence-corrected chi connectivity index (χ3v) is 7.46. The molecule has 8 nitrogen and oxygen atoms in total. The van der Waals surface area contributed by atoms with Crippen LogP contribution in [0.2, 0.25) is 0 Å². The lowest BCUT2D eigenvalue weighted by Crippen LogP contribution is -2.55. The predicted molar refractivity (Wildman–Crippen MR) is 124 cm³/mol. The first-order chi connectivity index (χ1) is 17.4. The van der Waals surface area contributed by atoms with E-state index in [9.17, 15) is 23.2 Å². The van der Waals surface area contributed by atoms with E-state index in [-0.39, 0.29) is 42.4 Å². The Balaban J connectivity index is 1.34. The van der Waals surface area contributed by atoms with Gasteiger partial charge in [-0.1, -0.05) is 12.1 Å². The van der Waals surface area contributed by atoms with Gasteiger partial charge in [0.15, 0.2) is 5.54 Å². The molecule has 0 aliphatic carbocycles. The molecular weight excluding hydrogens is 470 g/mol. The van der Waals surface area contributed by atoms with E-state index in [1.165, 1.54) is 11.0 Å². The van der Waals surface area contributed by atoms with Crippen molar-refractivity contribution in [3.8, 4) is 0 Å². The maximum atomic E-state index is 14.0. The second-order valence-electron chi connectivity index (χ2n) is 9.54. The number of nitrogens with zero attached hydrogens (tertiary/aromatic N) is 3. The zero-order valence-corrected chi connectivity index (χ0v) is 19.8. The van der Waals surface area contributed by atoms with Gasteiger partial charge in [-0.2, -0.15) is 0 Å². The van der Waals surface area contributed by atoms with E-state index >= 15 is 0 Å². The van der Waals surface area contributed by atoms with Crippen molar-refractivity contribution in [1.29, 1.82) is 0 Å². The van der Waals surface area contributed by atoms with Crippen LogP contribution >= 0.6 is 0 Å². The van der Waals surface area contributed by atoms with Crippen LogP contribution in [0.5, 0.6) is 0 Å². The first-order valence-corrected chi connectivity index (χ1v) is 12.3. The normalized spacial score (nSPS) is 24.9. The highest BCUT2D eigenvalue weighted by atomic mass is 19.1. The van der Waals surface area contributed by atoms with E-state index in [1.54, 1.807) is 29.3 Å². The first kappa shape index (κ1) is 24.3. The Hall–Kier alpha value is -3.40. The standard InChI is InChI=1S/C26H28F2N4O4/c27-20-6-3-7-21(28)19(20)15-23(33)31-12-9-17(10-13-31)26(22-8-1-2-11-29-22)24(34)32(25(35)30-26)16-18-5-4-14-36-18/h1-3,6-8,11,17-18H,4-5,9-10,12-16H2,(H,30,35). The molecule has 0 bridgehead atoms. The van der Waals surface area contributed by atoms with Crippen molar-refractivity contribution in [1.82, 2.24) is 20.1 Å². The highest BCUT2D eigenvalue weighted by Gasteiger charge is 2.58. The van der Waals surface area contributed by atoms with Crippen LogP contribution in [0.3, 0.4) is 0 Å². The van der Waals surface area contributed by atoms with Crippen LogP contribution < -0.4 is 5.32 Å². The van der Waals surface area contributed by atoms with Crippen molar-refractivity contribution in [3.63, 3.8) is 0 Å². The second kappa shape index (κ2) is 9.93. The number of piperidine rings is 1. The molecule has 2 unspecified atom stereocenters. The molecule has 3 fully saturated rings. The Morgan fingerprint density at radius 3 is 2.47 bits per heavy atom. The lowest BCUT2D eigenvalue weighted by atomic mass is 9.75. The molecule has 0 radical (unpaired) electrons. The number of nitrogens with one attached hydrogen (secondary N) is 1. The van der Waals surface area contributed by atoms with Crippen molar-refractivity contribution in [2.45, 2.75) is 43.7 Å². The average Bonchev–Trinajstić information content (AvgIpc) is 3.50. The molecule has 10 heteroatoms. The Kier molecular flexibility index (Phi) is 6.70. The van der Waals surface area contributed by atoms with E-state index in [1.807, 2.05) is 0 Å². The summed E-state index contributed by atoms with van der Waals surface area (Å²) in [6, 6.07) is 8.29. The Morgan fingerprint density at radius 2 is 1.83 bits per heavy atom. The molecular formula is C26H28F2N4O4. The van der Waals surface area contributed by atoms with Gasteiger partial charge < -0.3 is 15.0 Å². The van der Waals surface area contributed by atoms with Gasteiger partial charge in [0.1, 0.15) is 11.6 Å². The molecule has 1 N–H and O–H groups in total. The molecule has 5 rings (SSSR count). The smallest absolute Gasteiger partial charge is 0.325 e. The summed E-state index contributed by atoms with van der Waals surface area (Å²) in [6.45, 7) is 1.39. The fraction of sp³-hybridized carbons (Fsp3) is 0.462. The van der Waals surface area contributed by atoms with Gasteiger partial charge in [0.2, 0.25) is 5.91 Å². The number of benzene rings is 1. The van der Waals surface area contributed by atoms with Gasteiger partial charge in [0.25, 0.3) is 5.91 Å². The van der Waals surface area contributed by atoms with E-state index < -0.39 is 23.2 Å². The number of carbonyl (C=O) groups is 3. The molecule has 2 aromatic rings. The first-order valence-electron chi connectivity index (χ1n) is 12.3. The number of ether oxygens (including phenoxy) is 1. The Morgan fingerprint density at radius 1 is 1.08 bits per heavy atom. The van der Waals surface area contributed by atoms with E-state index in [0.717, 1.165) is 25.0 Å². The lowest BCUT2D eigenvalue weighted by Gasteiger charge is -2.40. The number of rotatable bonds is 6. The number of imide groups is 1. The number of hydrogen-bond donors (Lipinski definition) is 1. The summed E-state index contributed by atoms with van der Waals surface area (Å²) < 4.78 is 33.7. The number of halogens is 2. The zero-order chi connectivity index (χ0) is 25.3. The molecule has 2 atom stereocenters. The quantitative estimate of drug-likeness (QED) is 0.619. The fourth-order valence-electron chi connectivity index (χ4n) is 5.53. The van der Waals surface area contributed by atoms with Gasteiger partial charge in [-0.25, -0.2) is 13.6 Å². The summed E-state index contributed by atoms with van der Waals surface area (Å²) in [7, 11) is 0. The van der Waals surface area contributed by atoms with Crippen molar-refractivity contribution >= 4 is 17.8 Å². The number of likely N-dealkylation sites (tertiary alicyclic amines) is 1. The Labute approximate surface area is 207 Å². The van der Waals surface area contributed by atoms with Gasteiger partial charge in [0, 0.05) is 37.4 Å². The van der Waals surface area contributed by atoms with Gasteiger partial charge >= 0.3 is 6.03 Å². The number of pyridine rings is 1. The maximum absolute atomic E-state index is 14.0. The van der Waals surface area contributed by atoms with Crippen molar-refractivity contribution in [3.05, 3.63) is 65.5 Å². The molecule has 0 saturated carbocycles. The highest BCUT2D eigenvalue weighted by molar-refractivity contribution is 6.07. The summed E-state index contributed by atoms with van der Waals surface area (Å²) in [5.41, 5.74) is -1.14. The minimum Gasteiger partial charge on any atom is -0.376 e. The Bertz CT molecular complexity index is 1130. The number of hydrogen-bond acceptors (Lipinski definition) is 5. The SMILES string of the molecule is O=C(Cc1c(F)cccc1F)N1CCC(C2(c3ccccn3)NC(=O)N(CC3CCCO3)C2=O)CC1. The zero-order valence-electron chi connectivity index (χ0n) is 19.8. The van der Waals surface area contributed by atoms with Gasteiger partial charge in [-0.15, -0.1) is 0 Å². The number of aromatic nitrogens is 1. The summed E-state index contributed by atoms with van der Waals surface area (Å²) in [5.74, 6) is -2.56. The third kappa shape index (κ3) is 4.34. The molecule has 3 aliphatic rings. The minimum atomic E-state index is -1.34. The average molecular weight is 499 g/mol. The topological polar surface area (TPSA) is 91.8 Å². The molecule has 3 aliphatic heterocycles. The van der Waals surface area contributed by atoms with E-state index in [2.05, 4.69) is 10.3 Å². The van der Waals surface area contributed by atoms with Gasteiger partial charge in [-0.05, 0) is 49.9 Å². The summed E-state index contributed by atoms with van der Waals surface area (Å²) in [6.07, 6.45) is 3.54. The molecule has 1 aromatic carbocycles. The molecule has 4 heterocycles. The predicted octanol–water partition coefficient (Wildman–Crippen LogP) is 2.77. The largest absolute Gasteiger partial charge is 0.376 e. The third-order valence-electron chi connectivity index (χ3n) is 7.46. The number of amides is 4. The number of urea groups is 1. The number of carbonyl (C=O) groups excluding carboxylic acids is 3. The molecule has 36 heavy (non-hydrogen) atoms. The molecule has 4 amide bonds. The second-order valence-corrected chi connectivity index (χ2v) is 9.54. The molecule has 190 valence electrons. The molecule has 0 spiro atoms. The van der Waals surface area contributed by atoms with E-state index in [0.29, 0.717) is 38.2 Å². The van der Waals surface area contributed by atoms with Crippen LogP contribution in [0.15, 0.2) is 42.6 Å². The summed E-state index contributed by atoms with van der Waals surface area (Å²) in [5, 5.41) is 2.94.